The second-order valence-electron chi connectivity index (χ2n) is 5.20. The molecule has 0 aliphatic heterocycles. The molecule has 0 N–H and O–H groups in total. The summed E-state index contributed by atoms with van der Waals surface area (Å²) in [6, 6.07) is 6.21. The van der Waals surface area contributed by atoms with Crippen LogP contribution in [0.1, 0.15) is 45.1 Å². The summed E-state index contributed by atoms with van der Waals surface area (Å²) in [5.41, 5.74) is 0.296. The summed E-state index contributed by atoms with van der Waals surface area (Å²) in [6.45, 7) is 4.73. The summed E-state index contributed by atoms with van der Waals surface area (Å²) in [5.74, 6) is 0.458. The molecule has 4 heteroatoms. The van der Waals surface area contributed by atoms with E-state index < -0.39 is 5.82 Å². The Bertz CT molecular complexity index is 464. The lowest BCUT2D eigenvalue weighted by Crippen LogP contribution is -2.30. The molecule has 2 nitrogen and oxygen atoms in total. The van der Waals surface area contributed by atoms with Crippen molar-refractivity contribution in [2.24, 2.45) is 5.41 Å². The summed E-state index contributed by atoms with van der Waals surface area (Å²) >= 11 is 4.46. The highest BCUT2D eigenvalue weighted by Crippen LogP contribution is 2.32. The van der Waals surface area contributed by atoms with Gasteiger partial charge in [0.1, 0.15) is 0 Å². The van der Waals surface area contributed by atoms with Crippen LogP contribution in [0.3, 0.4) is 0 Å². The number of nitrogens with zero attached hydrogens (tertiary/aromatic N) is 1. The van der Waals surface area contributed by atoms with E-state index in [0.29, 0.717) is 12.2 Å². The Morgan fingerprint density at radius 2 is 1.95 bits per heavy atom. The van der Waals surface area contributed by atoms with Gasteiger partial charge in [0.2, 0.25) is 0 Å². The van der Waals surface area contributed by atoms with Gasteiger partial charge in [-0.05, 0) is 36.8 Å². The van der Waals surface area contributed by atoms with Crippen molar-refractivity contribution in [3.05, 3.63) is 29.6 Å². The molecule has 0 aliphatic rings. The van der Waals surface area contributed by atoms with E-state index in [1.807, 2.05) is 6.07 Å². The van der Waals surface area contributed by atoms with E-state index in [2.05, 4.69) is 26.5 Å². The van der Waals surface area contributed by atoms with Crippen LogP contribution in [0.15, 0.2) is 18.2 Å². The minimum absolute atomic E-state index is 0.00699. The molecule has 0 unspecified atom stereocenters. The Balaban J connectivity index is 2.79. The van der Waals surface area contributed by atoms with E-state index in [4.69, 9.17) is 10.00 Å². The number of halogens is 1. The molecule has 0 saturated heterocycles. The number of hydrogen-bond acceptors (Lipinski definition) is 3. The number of ether oxygens (including phenoxy) is 1. The third-order valence-corrected chi connectivity index (χ3v) is 4.16. The molecule has 1 aromatic carbocycles. The normalized spacial score (nSPS) is 11.2. The molecule has 0 aliphatic carbocycles. The highest BCUT2D eigenvalue weighted by Gasteiger charge is 2.28. The van der Waals surface area contributed by atoms with Crippen molar-refractivity contribution in [3.8, 4) is 11.8 Å². The van der Waals surface area contributed by atoms with Gasteiger partial charge in [-0.1, -0.05) is 26.7 Å². The van der Waals surface area contributed by atoms with E-state index in [0.717, 1.165) is 31.4 Å². The van der Waals surface area contributed by atoms with Crippen LogP contribution in [0.4, 0.5) is 4.39 Å². The SMILES string of the molecule is CCCC(CS)(CCC)COc1ccc(C#N)cc1F. The maximum Gasteiger partial charge on any atom is 0.166 e. The molecule has 0 fully saturated rings. The molecule has 110 valence electrons. The molecule has 1 aromatic rings. The lowest BCUT2D eigenvalue weighted by atomic mass is 9.82. The number of rotatable bonds is 8. The van der Waals surface area contributed by atoms with Crippen LogP contribution < -0.4 is 4.74 Å². The van der Waals surface area contributed by atoms with Crippen LogP contribution in [0.5, 0.6) is 5.75 Å². The highest BCUT2D eigenvalue weighted by atomic mass is 32.1. The Morgan fingerprint density at radius 1 is 1.30 bits per heavy atom. The maximum atomic E-state index is 13.8. The zero-order chi connectivity index (χ0) is 15.0. The van der Waals surface area contributed by atoms with Gasteiger partial charge in [0, 0.05) is 5.41 Å². The molecule has 0 saturated carbocycles. The first-order valence-electron chi connectivity index (χ1n) is 7.04. The smallest absolute Gasteiger partial charge is 0.166 e. The number of thiol groups is 1. The van der Waals surface area contributed by atoms with Gasteiger partial charge >= 0.3 is 0 Å². The quantitative estimate of drug-likeness (QED) is 0.711. The first-order valence-corrected chi connectivity index (χ1v) is 7.67. The van der Waals surface area contributed by atoms with Crippen LogP contribution in [-0.4, -0.2) is 12.4 Å². The van der Waals surface area contributed by atoms with E-state index in [9.17, 15) is 4.39 Å². The minimum atomic E-state index is -0.481. The summed E-state index contributed by atoms with van der Waals surface area (Å²) in [6.07, 6.45) is 4.14. The molecule has 0 heterocycles. The summed E-state index contributed by atoms with van der Waals surface area (Å²) in [4.78, 5) is 0. The summed E-state index contributed by atoms with van der Waals surface area (Å²) < 4.78 is 19.5. The zero-order valence-corrected chi connectivity index (χ0v) is 13.0. The first kappa shape index (κ1) is 16.8. The van der Waals surface area contributed by atoms with Crippen LogP contribution in [0.25, 0.3) is 0 Å². The molecule has 20 heavy (non-hydrogen) atoms. The molecular formula is C16H22FNOS. The topological polar surface area (TPSA) is 33.0 Å². The number of nitriles is 1. The van der Waals surface area contributed by atoms with Crippen molar-refractivity contribution < 1.29 is 9.13 Å². The first-order chi connectivity index (χ1) is 9.60. The largest absolute Gasteiger partial charge is 0.490 e. The van der Waals surface area contributed by atoms with Gasteiger partial charge < -0.3 is 4.74 Å². The van der Waals surface area contributed by atoms with Crippen molar-refractivity contribution in [2.75, 3.05) is 12.4 Å². The third-order valence-electron chi connectivity index (χ3n) is 3.49. The second-order valence-corrected chi connectivity index (χ2v) is 5.52. The van der Waals surface area contributed by atoms with Gasteiger partial charge in [0.25, 0.3) is 0 Å². The van der Waals surface area contributed by atoms with Gasteiger partial charge in [-0.3, -0.25) is 0 Å². The molecule has 0 amide bonds. The number of benzene rings is 1. The molecule has 0 radical (unpaired) electrons. The molecule has 1 rings (SSSR count). The highest BCUT2D eigenvalue weighted by molar-refractivity contribution is 7.80. The molecule has 0 aromatic heterocycles. The van der Waals surface area contributed by atoms with Crippen LogP contribution >= 0.6 is 12.6 Å². The standard InChI is InChI=1S/C16H22FNOS/c1-3-7-16(12-20,8-4-2)11-19-15-6-5-13(10-18)9-14(15)17/h5-6,9,20H,3-4,7-8,11-12H2,1-2H3. The average molecular weight is 295 g/mol. The zero-order valence-electron chi connectivity index (χ0n) is 12.2. The van der Waals surface area contributed by atoms with E-state index >= 15 is 0 Å². The van der Waals surface area contributed by atoms with Gasteiger partial charge in [-0.25, -0.2) is 4.39 Å². The lowest BCUT2D eigenvalue weighted by molar-refractivity contribution is 0.139. The Kier molecular flexibility index (Phi) is 6.87. The Labute approximate surface area is 126 Å². The van der Waals surface area contributed by atoms with Crippen molar-refractivity contribution in [1.29, 1.82) is 5.26 Å². The second kappa shape index (κ2) is 8.16. The average Bonchev–Trinajstić information content (AvgIpc) is 2.46. The monoisotopic (exact) mass is 295 g/mol. The van der Waals surface area contributed by atoms with Gasteiger partial charge in [-0.2, -0.15) is 17.9 Å². The molecule has 0 spiro atoms. The van der Waals surface area contributed by atoms with E-state index in [1.165, 1.54) is 12.1 Å². The van der Waals surface area contributed by atoms with Gasteiger partial charge in [0.05, 0.1) is 18.2 Å². The summed E-state index contributed by atoms with van der Waals surface area (Å²) in [5, 5.41) is 8.72. The van der Waals surface area contributed by atoms with Gasteiger partial charge in [0.15, 0.2) is 11.6 Å². The fraction of sp³-hybridized carbons (Fsp3) is 0.562. The molecule has 0 atom stereocenters. The Morgan fingerprint density at radius 3 is 2.40 bits per heavy atom. The maximum absolute atomic E-state index is 13.8. The van der Waals surface area contributed by atoms with Crippen LogP contribution in [-0.2, 0) is 0 Å². The third kappa shape index (κ3) is 4.42. The van der Waals surface area contributed by atoms with E-state index in [-0.39, 0.29) is 11.2 Å². The minimum Gasteiger partial charge on any atom is -0.490 e. The molecular weight excluding hydrogens is 273 g/mol. The van der Waals surface area contributed by atoms with Crippen molar-refractivity contribution in [1.82, 2.24) is 0 Å². The lowest BCUT2D eigenvalue weighted by Gasteiger charge is -2.31. The fourth-order valence-corrected chi connectivity index (χ4v) is 2.86. The van der Waals surface area contributed by atoms with Gasteiger partial charge in [-0.15, -0.1) is 0 Å². The Hall–Kier alpha value is -1.21. The van der Waals surface area contributed by atoms with Crippen LogP contribution in [0, 0.1) is 22.6 Å². The van der Waals surface area contributed by atoms with Crippen molar-refractivity contribution >= 4 is 12.6 Å². The van der Waals surface area contributed by atoms with Crippen LogP contribution in [0.2, 0.25) is 0 Å². The fourth-order valence-electron chi connectivity index (χ4n) is 2.45. The predicted molar refractivity (Wildman–Crippen MR) is 82.7 cm³/mol. The van der Waals surface area contributed by atoms with Crippen molar-refractivity contribution in [3.63, 3.8) is 0 Å². The predicted octanol–water partition coefficient (Wildman–Crippen LogP) is 4.59. The molecule has 0 bridgehead atoms. The van der Waals surface area contributed by atoms with Crippen molar-refractivity contribution in [2.45, 2.75) is 39.5 Å². The number of hydrogen-bond donors (Lipinski definition) is 1. The summed E-state index contributed by atoms with van der Waals surface area (Å²) in [7, 11) is 0. The van der Waals surface area contributed by atoms with E-state index in [1.54, 1.807) is 6.07 Å².